The Labute approximate surface area is 159 Å². The molecule has 126 valence electrons. The molecule has 4 nitrogen and oxygen atoms in total. The van der Waals surface area contributed by atoms with Crippen molar-refractivity contribution in [2.45, 2.75) is 12.8 Å². The van der Waals surface area contributed by atoms with Crippen LogP contribution in [-0.4, -0.2) is 62.6 Å². The number of guanidine groups is 1. The van der Waals surface area contributed by atoms with Gasteiger partial charge < -0.3 is 15.1 Å². The minimum Gasteiger partial charge on any atom is -0.360 e. The molecule has 0 unspecified atom stereocenters. The SMILES string of the molecule is CN=C(NCCCCSC)N1CCN(c2cccs2)CC1.I. The molecule has 7 heteroatoms. The summed E-state index contributed by atoms with van der Waals surface area (Å²) in [6, 6.07) is 4.33. The summed E-state index contributed by atoms with van der Waals surface area (Å²) in [4.78, 5) is 9.27. The van der Waals surface area contributed by atoms with Crippen molar-refractivity contribution in [2.24, 2.45) is 4.99 Å². The monoisotopic (exact) mass is 454 g/mol. The lowest BCUT2D eigenvalue weighted by molar-refractivity contribution is 0.373. The van der Waals surface area contributed by atoms with Gasteiger partial charge in [-0.15, -0.1) is 35.3 Å². The summed E-state index contributed by atoms with van der Waals surface area (Å²) in [5.41, 5.74) is 0. The molecule has 22 heavy (non-hydrogen) atoms. The zero-order chi connectivity index (χ0) is 14.9. The molecule has 0 radical (unpaired) electrons. The van der Waals surface area contributed by atoms with Crippen molar-refractivity contribution in [1.82, 2.24) is 10.2 Å². The lowest BCUT2D eigenvalue weighted by Crippen LogP contribution is -2.52. The molecule has 1 N–H and O–H groups in total. The van der Waals surface area contributed by atoms with E-state index in [2.05, 4.69) is 43.9 Å². The smallest absolute Gasteiger partial charge is 0.193 e. The zero-order valence-corrected chi connectivity index (χ0v) is 17.4. The summed E-state index contributed by atoms with van der Waals surface area (Å²) in [6.45, 7) is 5.27. The predicted molar refractivity (Wildman–Crippen MR) is 112 cm³/mol. The second kappa shape index (κ2) is 11.4. The molecule has 1 aromatic heterocycles. The highest BCUT2D eigenvalue weighted by Gasteiger charge is 2.19. The summed E-state index contributed by atoms with van der Waals surface area (Å²) in [6.07, 6.45) is 4.66. The van der Waals surface area contributed by atoms with Crippen molar-refractivity contribution in [3.8, 4) is 0 Å². The number of hydrogen-bond donors (Lipinski definition) is 1. The van der Waals surface area contributed by atoms with Gasteiger partial charge in [0.25, 0.3) is 0 Å². The molecule has 0 saturated carbocycles. The molecule has 0 bridgehead atoms. The van der Waals surface area contributed by atoms with Crippen LogP contribution in [-0.2, 0) is 0 Å². The zero-order valence-electron chi connectivity index (χ0n) is 13.5. The molecule has 0 aliphatic carbocycles. The molecule has 0 atom stereocenters. The summed E-state index contributed by atoms with van der Waals surface area (Å²) in [5, 5.41) is 7.03. The standard InChI is InChI=1S/C15H26N4S2.HI/c1-16-15(17-7-3-4-12-20-2)19-10-8-18(9-11-19)14-6-5-13-21-14;/h5-6,13H,3-4,7-12H2,1-2H3,(H,16,17);1H. The maximum absolute atomic E-state index is 4.43. The van der Waals surface area contributed by atoms with Crippen molar-refractivity contribution < 1.29 is 0 Å². The van der Waals surface area contributed by atoms with Crippen LogP contribution in [0.1, 0.15) is 12.8 Å². The van der Waals surface area contributed by atoms with Gasteiger partial charge in [-0.3, -0.25) is 4.99 Å². The Kier molecular flexibility index (Phi) is 10.3. The fourth-order valence-corrected chi connectivity index (χ4v) is 3.77. The van der Waals surface area contributed by atoms with Gasteiger partial charge in [-0.05, 0) is 42.4 Å². The van der Waals surface area contributed by atoms with E-state index in [4.69, 9.17) is 0 Å². The van der Waals surface area contributed by atoms with E-state index in [0.717, 1.165) is 38.7 Å². The van der Waals surface area contributed by atoms with E-state index in [1.807, 2.05) is 30.1 Å². The van der Waals surface area contributed by atoms with Crippen molar-refractivity contribution >= 4 is 58.0 Å². The molecule has 2 rings (SSSR count). The van der Waals surface area contributed by atoms with Gasteiger partial charge in [0.15, 0.2) is 5.96 Å². The van der Waals surface area contributed by atoms with E-state index in [0.29, 0.717) is 0 Å². The van der Waals surface area contributed by atoms with Crippen LogP contribution in [0.2, 0.25) is 0 Å². The molecular formula is C15H27IN4S2. The first kappa shape index (κ1) is 19.9. The average Bonchev–Trinajstić information content (AvgIpc) is 3.06. The number of nitrogens with one attached hydrogen (secondary N) is 1. The summed E-state index contributed by atoms with van der Waals surface area (Å²) in [5.74, 6) is 2.31. The maximum atomic E-state index is 4.43. The lowest BCUT2D eigenvalue weighted by atomic mass is 10.3. The third-order valence-corrected chi connectivity index (χ3v) is 5.29. The number of rotatable bonds is 6. The van der Waals surface area contributed by atoms with E-state index < -0.39 is 0 Å². The van der Waals surface area contributed by atoms with E-state index >= 15 is 0 Å². The highest BCUT2D eigenvalue weighted by atomic mass is 127. The van der Waals surface area contributed by atoms with Crippen LogP contribution in [0.3, 0.4) is 0 Å². The average molecular weight is 454 g/mol. The Balaban J connectivity index is 0.00000242. The first-order valence-corrected chi connectivity index (χ1v) is 9.85. The predicted octanol–water partition coefficient (Wildman–Crippen LogP) is 3.21. The summed E-state index contributed by atoms with van der Waals surface area (Å²) >= 11 is 3.75. The Morgan fingerprint density at radius 2 is 2.09 bits per heavy atom. The number of piperazine rings is 1. The summed E-state index contributed by atoms with van der Waals surface area (Å²) < 4.78 is 0. The molecule has 1 fully saturated rings. The van der Waals surface area contributed by atoms with Crippen LogP contribution in [0.15, 0.2) is 22.5 Å². The van der Waals surface area contributed by atoms with Crippen molar-refractivity contribution in [1.29, 1.82) is 0 Å². The number of unbranched alkanes of at least 4 members (excludes halogenated alkanes) is 1. The van der Waals surface area contributed by atoms with Crippen molar-refractivity contribution in [2.75, 3.05) is 56.7 Å². The van der Waals surface area contributed by atoms with E-state index in [-0.39, 0.29) is 24.0 Å². The molecule has 0 aromatic carbocycles. The van der Waals surface area contributed by atoms with Gasteiger partial charge >= 0.3 is 0 Å². The molecule has 1 aliphatic rings. The summed E-state index contributed by atoms with van der Waals surface area (Å²) in [7, 11) is 1.88. The van der Waals surface area contributed by atoms with E-state index in [1.54, 1.807) is 0 Å². The molecule has 0 spiro atoms. The Morgan fingerprint density at radius 1 is 1.32 bits per heavy atom. The second-order valence-electron chi connectivity index (χ2n) is 5.10. The minimum atomic E-state index is 0. The molecule has 2 heterocycles. The fourth-order valence-electron chi connectivity index (χ4n) is 2.49. The Morgan fingerprint density at radius 3 is 2.68 bits per heavy atom. The van der Waals surface area contributed by atoms with Crippen LogP contribution in [0.4, 0.5) is 5.00 Å². The van der Waals surface area contributed by atoms with Crippen LogP contribution < -0.4 is 10.2 Å². The number of nitrogens with zero attached hydrogens (tertiary/aromatic N) is 3. The van der Waals surface area contributed by atoms with Crippen LogP contribution >= 0.6 is 47.1 Å². The van der Waals surface area contributed by atoms with Gasteiger partial charge in [0, 0.05) is 39.8 Å². The number of anilines is 1. The molecule has 0 amide bonds. The first-order valence-electron chi connectivity index (χ1n) is 7.58. The molecule has 1 aliphatic heterocycles. The molecule has 1 aromatic rings. The lowest BCUT2D eigenvalue weighted by Gasteiger charge is -2.37. The number of aliphatic imine (C=N–C) groups is 1. The molecular weight excluding hydrogens is 427 g/mol. The highest BCUT2D eigenvalue weighted by molar-refractivity contribution is 14.0. The van der Waals surface area contributed by atoms with E-state index in [1.165, 1.54) is 23.6 Å². The highest BCUT2D eigenvalue weighted by Crippen LogP contribution is 2.22. The van der Waals surface area contributed by atoms with Crippen molar-refractivity contribution in [3.05, 3.63) is 17.5 Å². The number of halogens is 1. The van der Waals surface area contributed by atoms with Gasteiger partial charge in [0.05, 0.1) is 5.00 Å². The fraction of sp³-hybridized carbons (Fsp3) is 0.667. The number of thiophene rings is 1. The van der Waals surface area contributed by atoms with Crippen LogP contribution in [0.5, 0.6) is 0 Å². The Hall–Kier alpha value is -0.150. The van der Waals surface area contributed by atoms with Crippen molar-refractivity contribution in [3.63, 3.8) is 0 Å². The van der Waals surface area contributed by atoms with Gasteiger partial charge in [0.2, 0.25) is 0 Å². The van der Waals surface area contributed by atoms with Gasteiger partial charge in [-0.2, -0.15) is 11.8 Å². The third kappa shape index (κ3) is 6.16. The van der Waals surface area contributed by atoms with Crippen LogP contribution in [0.25, 0.3) is 0 Å². The first-order chi connectivity index (χ1) is 10.3. The number of thioether (sulfide) groups is 1. The number of hydrogen-bond acceptors (Lipinski definition) is 4. The van der Waals surface area contributed by atoms with E-state index in [9.17, 15) is 0 Å². The third-order valence-electron chi connectivity index (χ3n) is 3.67. The van der Waals surface area contributed by atoms with Crippen LogP contribution in [0, 0.1) is 0 Å². The van der Waals surface area contributed by atoms with Gasteiger partial charge in [-0.1, -0.05) is 0 Å². The normalized spacial score (nSPS) is 15.6. The Bertz CT molecular complexity index is 417. The maximum Gasteiger partial charge on any atom is 0.193 e. The van der Waals surface area contributed by atoms with Gasteiger partial charge in [0.1, 0.15) is 0 Å². The van der Waals surface area contributed by atoms with Gasteiger partial charge in [-0.25, -0.2) is 0 Å². The quantitative estimate of drug-likeness (QED) is 0.310. The second-order valence-corrected chi connectivity index (χ2v) is 7.01. The minimum absolute atomic E-state index is 0. The molecule has 1 saturated heterocycles. The topological polar surface area (TPSA) is 30.9 Å². The largest absolute Gasteiger partial charge is 0.360 e.